The number of amides is 1. The number of anilines is 1. The van der Waals surface area contributed by atoms with Crippen LogP contribution in [0.25, 0.3) is 0 Å². The minimum atomic E-state index is -0.208. The van der Waals surface area contributed by atoms with E-state index in [9.17, 15) is 4.79 Å². The van der Waals surface area contributed by atoms with Gasteiger partial charge in [-0.1, -0.05) is 6.07 Å². The molecular weight excluding hydrogens is 342 g/mol. The lowest BCUT2D eigenvalue weighted by Gasteiger charge is -2.21. The van der Waals surface area contributed by atoms with Crippen molar-refractivity contribution in [1.29, 1.82) is 5.26 Å². The van der Waals surface area contributed by atoms with E-state index >= 15 is 0 Å². The van der Waals surface area contributed by atoms with Gasteiger partial charge >= 0.3 is 0 Å². The minimum absolute atomic E-state index is 0.0514. The molecular formula is C21H26N3O3+. The normalized spacial score (nSPS) is 12.6. The summed E-state index contributed by atoms with van der Waals surface area (Å²) in [6, 6.07) is 14.6. The number of hydrogen-bond acceptors (Lipinski definition) is 4. The molecule has 2 aromatic rings. The monoisotopic (exact) mass is 368 g/mol. The Labute approximate surface area is 160 Å². The maximum Gasteiger partial charge on any atom is 0.282 e. The van der Waals surface area contributed by atoms with Gasteiger partial charge in [0.1, 0.15) is 0 Å². The summed E-state index contributed by atoms with van der Waals surface area (Å²) in [4.78, 5) is 13.6. The van der Waals surface area contributed by atoms with E-state index in [1.807, 2.05) is 32.2 Å². The molecule has 0 saturated carbocycles. The predicted octanol–water partition coefficient (Wildman–Crippen LogP) is 1.66. The number of nitriles is 1. The SMILES string of the molecule is COc1ccc(CC[NH+](C)[C@H](C)C(=O)Nc2ccc(C#N)cc2)cc1OC. The summed E-state index contributed by atoms with van der Waals surface area (Å²) >= 11 is 0. The van der Waals surface area contributed by atoms with Gasteiger partial charge in [-0.2, -0.15) is 5.26 Å². The molecule has 0 heterocycles. The minimum Gasteiger partial charge on any atom is -0.493 e. The molecule has 0 aromatic heterocycles. The Bertz CT molecular complexity index is 812. The van der Waals surface area contributed by atoms with E-state index in [1.54, 1.807) is 38.5 Å². The zero-order valence-corrected chi connectivity index (χ0v) is 16.2. The van der Waals surface area contributed by atoms with Crippen LogP contribution < -0.4 is 19.7 Å². The molecule has 27 heavy (non-hydrogen) atoms. The molecule has 2 N–H and O–H groups in total. The van der Waals surface area contributed by atoms with E-state index < -0.39 is 0 Å². The van der Waals surface area contributed by atoms with E-state index in [-0.39, 0.29) is 11.9 Å². The van der Waals surface area contributed by atoms with Crippen LogP contribution in [0.5, 0.6) is 11.5 Å². The van der Waals surface area contributed by atoms with Gasteiger partial charge in [0.2, 0.25) is 0 Å². The van der Waals surface area contributed by atoms with Crippen LogP contribution in [-0.4, -0.2) is 39.8 Å². The quantitative estimate of drug-likeness (QED) is 0.743. The highest BCUT2D eigenvalue weighted by Crippen LogP contribution is 2.27. The van der Waals surface area contributed by atoms with Crippen LogP contribution in [0.1, 0.15) is 18.1 Å². The zero-order chi connectivity index (χ0) is 19.8. The molecule has 2 atom stereocenters. The number of methoxy groups -OCH3 is 2. The Balaban J connectivity index is 1.91. The van der Waals surface area contributed by atoms with Gasteiger partial charge in [-0.15, -0.1) is 0 Å². The Kier molecular flexibility index (Phi) is 7.21. The molecule has 2 aromatic carbocycles. The Morgan fingerprint density at radius 1 is 1.15 bits per heavy atom. The second-order valence-electron chi connectivity index (χ2n) is 6.44. The maximum atomic E-state index is 12.5. The van der Waals surface area contributed by atoms with Crippen LogP contribution in [0, 0.1) is 11.3 Å². The summed E-state index contributed by atoms with van der Waals surface area (Å²) in [7, 11) is 5.24. The third-order valence-electron chi connectivity index (χ3n) is 4.67. The molecule has 0 aliphatic heterocycles. The molecule has 1 amide bonds. The van der Waals surface area contributed by atoms with Gasteiger partial charge in [0, 0.05) is 12.1 Å². The van der Waals surface area contributed by atoms with Crippen LogP contribution in [0.3, 0.4) is 0 Å². The van der Waals surface area contributed by atoms with E-state index in [2.05, 4.69) is 11.4 Å². The Hall–Kier alpha value is -3.04. The maximum absolute atomic E-state index is 12.5. The summed E-state index contributed by atoms with van der Waals surface area (Å²) in [5, 5.41) is 11.7. The lowest BCUT2D eigenvalue weighted by molar-refractivity contribution is -0.893. The number of nitrogens with zero attached hydrogens (tertiary/aromatic N) is 1. The molecule has 6 nitrogen and oxygen atoms in total. The summed E-state index contributed by atoms with van der Waals surface area (Å²) in [5.74, 6) is 1.36. The fraction of sp³-hybridized carbons (Fsp3) is 0.333. The molecule has 142 valence electrons. The zero-order valence-electron chi connectivity index (χ0n) is 16.2. The molecule has 0 aliphatic carbocycles. The fourth-order valence-corrected chi connectivity index (χ4v) is 2.70. The largest absolute Gasteiger partial charge is 0.493 e. The molecule has 0 saturated heterocycles. The molecule has 0 bridgehead atoms. The average Bonchev–Trinajstić information content (AvgIpc) is 2.71. The second kappa shape index (κ2) is 9.60. The van der Waals surface area contributed by atoms with Gasteiger partial charge < -0.3 is 19.7 Å². The molecule has 2 rings (SSSR count). The van der Waals surface area contributed by atoms with Crippen molar-refractivity contribution in [2.24, 2.45) is 0 Å². The molecule has 6 heteroatoms. The summed E-state index contributed by atoms with van der Waals surface area (Å²) in [5.41, 5.74) is 2.39. The highest BCUT2D eigenvalue weighted by atomic mass is 16.5. The molecule has 0 radical (unpaired) electrons. The highest BCUT2D eigenvalue weighted by Gasteiger charge is 2.21. The Morgan fingerprint density at radius 3 is 2.41 bits per heavy atom. The van der Waals surface area contributed by atoms with Crippen molar-refractivity contribution in [3.63, 3.8) is 0 Å². The number of nitrogens with one attached hydrogen (secondary N) is 2. The van der Waals surface area contributed by atoms with E-state index in [1.165, 1.54) is 0 Å². The first-order valence-corrected chi connectivity index (χ1v) is 8.82. The third-order valence-corrected chi connectivity index (χ3v) is 4.67. The number of carbonyl (C=O) groups is 1. The molecule has 1 unspecified atom stereocenters. The number of ether oxygens (including phenoxy) is 2. The molecule has 0 spiro atoms. The standard InChI is InChI=1S/C21H25N3O3/c1-15(21(25)23-18-8-5-17(14-22)6-9-18)24(2)12-11-16-7-10-19(26-3)20(13-16)27-4/h5-10,13,15H,11-12H2,1-4H3,(H,23,25)/p+1/t15-/m1/s1. The first-order valence-electron chi connectivity index (χ1n) is 8.82. The summed E-state index contributed by atoms with van der Waals surface area (Å²) in [6.45, 7) is 2.71. The summed E-state index contributed by atoms with van der Waals surface area (Å²) in [6.07, 6.45) is 0.820. The van der Waals surface area contributed by atoms with Crippen LogP contribution in [0.15, 0.2) is 42.5 Å². The van der Waals surface area contributed by atoms with E-state index in [4.69, 9.17) is 14.7 Å². The van der Waals surface area contributed by atoms with Crippen molar-refractivity contribution in [2.75, 3.05) is 33.1 Å². The first-order chi connectivity index (χ1) is 13.0. The molecule has 0 fully saturated rings. The molecule has 0 aliphatic rings. The Morgan fingerprint density at radius 2 is 1.81 bits per heavy atom. The van der Waals surface area contributed by atoms with Gasteiger partial charge in [-0.3, -0.25) is 4.79 Å². The predicted molar refractivity (Wildman–Crippen MR) is 104 cm³/mol. The first kappa shape index (κ1) is 20.3. The second-order valence-corrected chi connectivity index (χ2v) is 6.44. The van der Waals surface area contributed by atoms with Gasteiger partial charge in [0.05, 0.1) is 39.4 Å². The van der Waals surface area contributed by atoms with Crippen molar-refractivity contribution in [3.05, 3.63) is 53.6 Å². The van der Waals surface area contributed by atoms with Crippen LogP contribution in [0.4, 0.5) is 5.69 Å². The van der Waals surface area contributed by atoms with Crippen LogP contribution >= 0.6 is 0 Å². The average molecular weight is 368 g/mol. The van der Waals surface area contributed by atoms with Gasteiger partial charge in [0.25, 0.3) is 5.91 Å². The number of carbonyl (C=O) groups excluding carboxylic acids is 1. The van der Waals surface area contributed by atoms with Crippen LogP contribution in [-0.2, 0) is 11.2 Å². The van der Waals surface area contributed by atoms with Crippen molar-refractivity contribution in [1.82, 2.24) is 0 Å². The number of quaternary nitrogens is 1. The summed E-state index contributed by atoms with van der Waals surface area (Å²) < 4.78 is 10.6. The number of hydrogen-bond donors (Lipinski definition) is 2. The third kappa shape index (κ3) is 5.47. The number of benzene rings is 2. The van der Waals surface area contributed by atoms with Crippen molar-refractivity contribution in [2.45, 2.75) is 19.4 Å². The topological polar surface area (TPSA) is 75.8 Å². The van der Waals surface area contributed by atoms with Crippen molar-refractivity contribution >= 4 is 11.6 Å². The van der Waals surface area contributed by atoms with Gasteiger partial charge in [-0.05, 0) is 48.9 Å². The van der Waals surface area contributed by atoms with Gasteiger partial charge in [-0.25, -0.2) is 0 Å². The highest BCUT2D eigenvalue weighted by molar-refractivity contribution is 5.93. The number of likely N-dealkylation sites (N-methyl/N-ethyl adjacent to an activating group) is 1. The van der Waals surface area contributed by atoms with Gasteiger partial charge in [0.15, 0.2) is 17.5 Å². The number of rotatable bonds is 8. The lowest BCUT2D eigenvalue weighted by atomic mass is 10.1. The van der Waals surface area contributed by atoms with E-state index in [0.29, 0.717) is 22.7 Å². The fourth-order valence-electron chi connectivity index (χ4n) is 2.70. The smallest absolute Gasteiger partial charge is 0.282 e. The van der Waals surface area contributed by atoms with Crippen molar-refractivity contribution < 1.29 is 19.2 Å². The van der Waals surface area contributed by atoms with Crippen LogP contribution in [0.2, 0.25) is 0 Å². The van der Waals surface area contributed by atoms with Crippen molar-refractivity contribution in [3.8, 4) is 17.6 Å². The lowest BCUT2D eigenvalue weighted by Crippen LogP contribution is -3.14. The van der Waals surface area contributed by atoms with E-state index in [0.717, 1.165) is 23.4 Å².